The van der Waals surface area contributed by atoms with Gasteiger partial charge in [0.05, 0.1) is 14.2 Å². The highest BCUT2D eigenvalue weighted by Gasteiger charge is 2.16. The molecule has 0 amide bonds. The molecule has 0 saturated carbocycles. The predicted octanol–water partition coefficient (Wildman–Crippen LogP) is 8.01. The summed E-state index contributed by atoms with van der Waals surface area (Å²) in [4.78, 5) is 10.6. The maximum atomic E-state index is 10.6. The molecule has 0 radical (unpaired) electrons. The van der Waals surface area contributed by atoms with E-state index in [4.69, 9.17) is 14.6 Å². The van der Waals surface area contributed by atoms with Gasteiger partial charge in [0.1, 0.15) is 11.5 Å². The summed E-state index contributed by atoms with van der Waals surface area (Å²) < 4.78 is 11.4. The lowest BCUT2D eigenvalue weighted by Crippen LogP contribution is -1.98. The van der Waals surface area contributed by atoms with Crippen LogP contribution >= 0.6 is 0 Å². The van der Waals surface area contributed by atoms with E-state index in [1.165, 1.54) is 42.4 Å². The van der Waals surface area contributed by atoms with E-state index < -0.39 is 5.97 Å². The maximum absolute atomic E-state index is 10.6. The Balaban J connectivity index is 2.07. The average molecular weight is 453 g/mol. The number of methoxy groups -OCH3 is 2. The van der Waals surface area contributed by atoms with Gasteiger partial charge in [0, 0.05) is 17.5 Å². The summed E-state index contributed by atoms with van der Waals surface area (Å²) in [5.74, 6) is 1.13. The number of ether oxygens (including phenoxy) is 2. The highest BCUT2D eigenvalue weighted by molar-refractivity contribution is 5.93. The second-order valence-electron chi connectivity index (χ2n) is 8.43. The monoisotopic (exact) mass is 452 g/mol. The van der Waals surface area contributed by atoms with Crippen molar-refractivity contribution in [2.45, 2.75) is 77.6 Å². The fourth-order valence-electron chi connectivity index (χ4n) is 4.44. The summed E-state index contributed by atoms with van der Waals surface area (Å²) in [7, 11) is 3.47. The maximum Gasteiger partial charge on any atom is 0.303 e. The molecule has 0 unspecified atom stereocenters. The molecule has 1 N–H and O–H groups in total. The van der Waals surface area contributed by atoms with E-state index in [0.29, 0.717) is 6.42 Å². The molecule has 0 aliphatic carbocycles. The molecule has 4 nitrogen and oxygen atoms in total. The third-order valence-corrected chi connectivity index (χ3v) is 6.15. The number of allylic oxidation sites excluding steroid dienone is 2. The molecule has 0 heterocycles. The molecule has 0 aliphatic rings. The first-order valence-corrected chi connectivity index (χ1v) is 12.3. The number of hydrogen-bond donors (Lipinski definition) is 1. The van der Waals surface area contributed by atoms with Gasteiger partial charge < -0.3 is 14.6 Å². The SMILES string of the molecule is CCC(=C(CCCCCCCCCCC(=O)O)c1ccccc1OC)c1ccccc1OC. The molecule has 2 aromatic rings. The van der Waals surface area contributed by atoms with Crippen LogP contribution in [0.4, 0.5) is 0 Å². The van der Waals surface area contributed by atoms with Crippen LogP contribution in [0.25, 0.3) is 11.1 Å². The molecule has 0 aliphatic heterocycles. The van der Waals surface area contributed by atoms with E-state index in [-0.39, 0.29) is 0 Å². The smallest absolute Gasteiger partial charge is 0.303 e. The van der Waals surface area contributed by atoms with Crippen molar-refractivity contribution in [2.75, 3.05) is 14.2 Å². The summed E-state index contributed by atoms with van der Waals surface area (Å²) in [5.41, 5.74) is 4.98. The second kappa shape index (κ2) is 15.2. The Morgan fingerprint density at radius 3 is 1.55 bits per heavy atom. The topological polar surface area (TPSA) is 55.8 Å². The molecule has 33 heavy (non-hydrogen) atoms. The molecular weight excluding hydrogens is 412 g/mol. The first kappa shape index (κ1) is 26.5. The Morgan fingerprint density at radius 2 is 1.09 bits per heavy atom. The van der Waals surface area contributed by atoms with Crippen LogP contribution in [0, 0.1) is 0 Å². The highest BCUT2D eigenvalue weighted by Crippen LogP contribution is 2.39. The summed E-state index contributed by atoms with van der Waals surface area (Å²) in [6.07, 6.45) is 11.1. The number of unbranched alkanes of at least 4 members (excludes halogenated alkanes) is 7. The Kier molecular flexibility index (Phi) is 12.2. The zero-order valence-electron chi connectivity index (χ0n) is 20.6. The van der Waals surface area contributed by atoms with Crippen LogP contribution in [-0.2, 0) is 4.79 Å². The van der Waals surface area contributed by atoms with Crippen molar-refractivity contribution in [1.82, 2.24) is 0 Å². The molecule has 0 saturated heterocycles. The lowest BCUT2D eigenvalue weighted by molar-refractivity contribution is -0.137. The molecule has 0 bridgehead atoms. The van der Waals surface area contributed by atoms with Gasteiger partial charge in [0.2, 0.25) is 0 Å². The zero-order chi connectivity index (χ0) is 23.9. The number of rotatable bonds is 16. The lowest BCUT2D eigenvalue weighted by atomic mass is 9.88. The Hall–Kier alpha value is -2.75. The minimum absolute atomic E-state index is 0.296. The van der Waals surface area contributed by atoms with E-state index in [1.54, 1.807) is 14.2 Å². The molecule has 2 aromatic carbocycles. The number of carboxylic acid groups (broad SMARTS) is 1. The second-order valence-corrected chi connectivity index (χ2v) is 8.43. The minimum atomic E-state index is -0.687. The van der Waals surface area contributed by atoms with Crippen molar-refractivity contribution >= 4 is 17.1 Å². The van der Waals surface area contributed by atoms with Gasteiger partial charge in [-0.25, -0.2) is 0 Å². The predicted molar refractivity (Wildman–Crippen MR) is 137 cm³/mol. The molecule has 0 atom stereocenters. The molecule has 0 aromatic heterocycles. The van der Waals surface area contributed by atoms with E-state index in [2.05, 4.69) is 31.2 Å². The Morgan fingerprint density at radius 1 is 0.667 bits per heavy atom. The Bertz CT molecular complexity index is 885. The van der Waals surface area contributed by atoms with E-state index in [9.17, 15) is 4.79 Å². The molecule has 2 rings (SSSR count). The van der Waals surface area contributed by atoms with Gasteiger partial charge in [-0.05, 0) is 49.0 Å². The Labute approximate surface area is 199 Å². The molecular formula is C29H40O4. The molecule has 0 spiro atoms. The molecule has 4 heteroatoms. The largest absolute Gasteiger partial charge is 0.496 e. The van der Waals surface area contributed by atoms with Gasteiger partial charge in [-0.2, -0.15) is 0 Å². The van der Waals surface area contributed by atoms with Crippen LogP contribution in [0.15, 0.2) is 48.5 Å². The summed E-state index contributed by atoms with van der Waals surface area (Å²) in [6.45, 7) is 2.21. The van der Waals surface area contributed by atoms with Gasteiger partial charge >= 0.3 is 5.97 Å². The fourth-order valence-corrected chi connectivity index (χ4v) is 4.44. The van der Waals surface area contributed by atoms with Gasteiger partial charge in [0.15, 0.2) is 0 Å². The van der Waals surface area contributed by atoms with Crippen LogP contribution in [0.3, 0.4) is 0 Å². The van der Waals surface area contributed by atoms with Gasteiger partial charge in [-0.15, -0.1) is 0 Å². The van der Waals surface area contributed by atoms with E-state index in [1.807, 2.05) is 24.3 Å². The van der Waals surface area contributed by atoms with Crippen LogP contribution < -0.4 is 9.47 Å². The number of carboxylic acids is 1. The van der Waals surface area contributed by atoms with Gasteiger partial charge in [0.25, 0.3) is 0 Å². The number of carbonyl (C=O) groups is 1. The van der Waals surface area contributed by atoms with E-state index >= 15 is 0 Å². The number of aliphatic carboxylic acids is 1. The number of hydrogen-bond acceptors (Lipinski definition) is 3. The standard InChI is InChI=1S/C29H40O4/c1-4-23(25-18-13-15-20-27(25)32-2)24(26-19-14-16-21-28(26)33-3)17-11-9-7-5-6-8-10-12-22-29(30)31/h13-16,18-21H,4-12,17,22H2,1-3H3,(H,30,31). The third kappa shape index (κ3) is 8.60. The first-order valence-electron chi connectivity index (χ1n) is 12.3. The van der Waals surface area contributed by atoms with Crippen LogP contribution in [0.2, 0.25) is 0 Å². The minimum Gasteiger partial charge on any atom is -0.496 e. The lowest BCUT2D eigenvalue weighted by Gasteiger charge is -2.19. The fraction of sp³-hybridized carbons (Fsp3) is 0.483. The highest BCUT2D eigenvalue weighted by atomic mass is 16.5. The molecule has 180 valence electrons. The molecule has 0 fully saturated rings. The van der Waals surface area contributed by atoms with Crippen molar-refractivity contribution in [3.63, 3.8) is 0 Å². The summed E-state index contributed by atoms with van der Waals surface area (Å²) in [6, 6.07) is 16.6. The summed E-state index contributed by atoms with van der Waals surface area (Å²) in [5, 5.41) is 8.71. The van der Waals surface area contributed by atoms with Crippen molar-refractivity contribution in [1.29, 1.82) is 0 Å². The van der Waals surface area contributed by atoms with Crippen LogP contribution in [0.5, 0.6) is 11.5 Å². The van der Waals surface area contributed by atoms with Crippen LogP contribution in [-0.4, -0.2) is 25.3 Å². The number of para-hydroxylation sites is 2. The van der Waals surface area contributed by atoms with Gasteiger partial charge in [-0.1, -0.05) is 81.8 Å². The van der Waals surface area contributed by atoms with Gasteiger partial charge in [-0.3, -0.25) is 4.79 Å². The van der Waals surface area contributed by atoms with Crippen molar-refractivity contribution in [3.05, 3.63) is 59.7 Å². The quantitative estimate of drug-likeness (QED) is 0.207. The summed E-state index contributed by atoms with van der Waals surface area (Å²) >= 11 is 0. The number of benzene rings is 2. The van der Waals surface area contributed by atoms with Crippen LogP contribution in [0.1, 0.15) is 88.7 Å². The first-order chi connectivity index (χ1) is 16.1. The zero-order valence-corrected chi connectivity index (χ0v) is 20.6. The van der Waals surface area contributed by atoms with E-state index in [0.717, 1.165) is 55.6 Å². The van der Waals surface area contributed by atoms with Crippen molar-refractivity contribution in [2.24, 2.45) is 0 Å². The third-order valence-electron chi connectivity index (χ3n) is 6.15. The average Bonchev–Trinajstić information content (AvgIpc) is 2.84. The van der Waals surface area contributed by atoms with Crippen molar-refractivity contribution < 1.29 is 19.4 Å². The van der Waals surface area contributed by atoms with Crippen molar-refractivity contribution in [3.8, 4) is 11.5 Å². The normalized spacial score (nSPS) is 11.7.